The number of hydrogen-bond acceptors (Lipinski definition) is 5. The third-order valence-electron chi connectivity index (χ3n) is 4.60. The maximum absolute atomic E-state index is 12.4. The molecular weight excluding hydrogens is 334 g/mol. The first-order valence-electron chi connectivity index (χ1n) is 8.64. The first kappa shape index (κ1) is 18.1. The molecule has 0 unspecified atom stereocenters. The van der Waals surface area contributed by atoms with Gasteiger partial charge in [0.25, 0.3) is 0 Å². The van der Waals surface area contributed by atoms with Crippen molar-refractivity contribution < 1.29 is 19.2 Å². The average Bonchev–Trinajstić information content (AvgIpc) is 3.17. The molecule has 0 saturated heterocycles. The van der Waals surface area contributed by atoms with Crippen molar-refractivity contribution in [3.05, 3.63) is 47.1 Å². The van der Waals surface area contributed by atoms with Gasteiger partial charge in [0.05, 0.1) is 0 Å². The van der Waals surface area contributed by atoms with Gasteiger partial charge >= 0.3 is 5.97 Å². The molecule has 1 aromatic heterocycles. The summed E-state index contributed by atoms with van der Waals surface area (Å²) >= 11 is 0. The van der Waals surface area contributed by atoms with Gasteiger partial charge in [-0.05, 0) is 11.1 Å². The molecular formula is C19H23N3O4. The van der Waals surface area contributed by atoms with Crippen molar-refractivity contribution in [3.63, 3.8) is 0 Å². The second kappa shape index (κ2) is 6.55. The van der Waals surface area contributed by atoms with Crippen LogP contribution in [0.15, 0.2) is 28.8 Å². The van der Waals surface area contributed by atoms with Gasteiger partial charge < -0.3 is 14.9 Å². The van der Waals surface area contributed by atoms with Crippen LogP contribution in [0, 0.1) is 0 Å². The van der Waals surface area contributed by atoms with E-state index in [9.17, 15) is 14.7 Å². The molecule has 1 aliphatic rings. The van der Waals surface area contributed by atoms with Crippen LogP contribution in [0.5, 0.6) is 0 Å². The Hall–Kier alpha value is -2.70. The Morgan fingerprint density at radius 2 is 1.85 bits per heavy atom. The Balaban J connectivity index is 1.63. The Morgan fingerprint density at radius 1 is 1.23 bits per heavy atom. The number of nitrogens with one attached hydrogen (secondary N) is 1. The number of carbonyl (C=O) groups is 2. The largest absolute Gasteiger partial charge is 0.479 e. The number of aliphatic carboxylic acids is 1. The Morgan fingerprint density at radius 3 is 2.35 bits per heavy atom. The van der Waals surface area contributed by atoms with Gasteiger partial charge in [0, 0.05) is 31.1 Å². The number of rotatable bonds is 5. The molecule has 2 N–H and O–H groups in total. The van der Waals surface area contributed by atoms with Crippen LogP contribution in [0.4, 0.5) is 0 Å². The summed E-state index contributed by atoms with van der Waals surface area (Å²) in [6, 6.07) is 7.55. The lowest BCUT2D eigenvalue weighted by molar-refractivity contribution is -0.147. The zero-order valence-corrected chi connectivity index (χ0v) is 15.2. The molecule has 0 spiro atoms. The van der Waals surface area contributed by atoms with E-state index < -0.39 is 11.5 Å². The highest BCUT2D eigenvalue weighted by molar-refractivity contribution is 5.88. The highest BCUT2D eigenvalue weighted by atomic mass is 16.5. The number of carbonyl (C=O) groups excluding carboxylic acids is 1. The number of carboxylic acid groups (broad SMARTS) is 1. The predicted molar refractivity (Wildman–Crippen MR) is 93.7 cm³/mol. The lowest BCUT2D eigenvalue weighted by Gasteiger charge is -2.25. The topological polar surface area (TPSA) is 105 Å². The number of carboxylic acids is 1. The number of amides is 1. The number of nitrogens with zero attached hydrogens (tertiary/aromatic N) is 2. The molecule has 1 aliphatic carbocycles. The quantitative estimate of drug-likeness (QED) is 0.848. The maximum atomic E-state index is 12.4. The van der Waals surface area contributed by atoms with Crippen molar-refractivity contribution in [1.82, 2.24) is 15.5 Å². The van der Waals surface area contributed by atoms with Crippen LogP contribution in [-0.4, -0.2) is 32.7 Å². The molecule has 2 aromatic rings. The lowest BCUT2D eigenvalue weighted by Crippen LogP contribution is -2.55. The van der Waals surface area contributed by atoms with E-state index in [1.807, 2.05) is 45.0 Å². The molecule has 3 rings (SSSR count). The number of hydrogen-bond donors (Lipinski definition) is 2. The molecule has 1 heterocycles. The molecule has 0 aliphatic heterocycles. The molecule has 7 nitrogen and oxygen atoms in total. The summed E-state index contributed by atoms with van der Waals surface area (Å²) in [7, 11) is 0. The van der Waals surface area contributed by atoms with Crippen LogP contribution in [0.2, 0.25) is 0 Å². The zero-order chi connectivity index (χ0) is 18.9. The fourth-order valence-electron chi connectivity index (χ4n) is 3.12. The molecule has 26 heavy (non-hydrogen) atoms. The third kappa shape index (κ3) is 3.61. The smallest absolute Gasteiger partial charge is 0.330 e. The van der Waals surface area contributed by atoms with Crippen molar-refractivity contribution in [2.24, 2.45) is 0 Å². The SMILES string of the molecule is CC(C)(C)c1noc(CCC(=O)NC2(C(=O)O)Cc3ccccc3C2)n1. The van der Waals surface area contributed by atoms with Gasteiger partial charge in [0.1, 0.15) is 5.54 Å². The number of aromatic nitrogens is 2. The average molecular weight is 357 g/mol. The van der Waals surface area contributed by atoms with Gasteiger partial charge in [0.2, 0.25) is 11.8 Å². The van der Waals surface area contributed by atoms with Gasteiger partial charge in [-0.1, -0.05) is 50.2 Å². The van der Waals surface area contributed by atoms with E-state index >= 15 is 0 Å². The summed E-state index contributed by atoms with van der Waals surface area (Å²) in [6.07, 6.45) is 0.951. The van der Waals surface area contributed by atoms with Crippen molar-refractivity contribution in [3.8, 4) is 0 Å². The van der Waals surface area contributed by atoms with E-state index in [-0.39, 0.29) is 24.2 Å². The lowest BCUT2D eigenvalue weighted by atomic mass is 9.95. The van der Waals surface area contributed by atoms with Crippen LogP contribution in [0.25, 0.3) is 0 Å². The summed E-state index contributed by atoms with van der Waals surface area (Å²) < 4.78 is 5.18. The number of aryl methyl sites for hydroxylation is 1. The molecule has 0 bridgehead atoms. The van der Waals surface area contributed by atoms with Crippen molar-refractivity contribution in [2.45, 2.75) is 57.4 Å². The highest BCUT2D eigenvalue weighted by Gasteiger charge is 2.45. The fraction of sp³-hybridized carbons (Fsp3) is 0.474. The maximum Gasteiger partial charge on any atom is 0.330 e. The van der Waals surface area contributed by atoms with Crippen molar-refractivity contribution >= 4 is 11.9 Å². The molecule has 1 amide bonds. The van der Waals surface area contributed by atoms with Gasteiger partial charge in [0.15, 0.2) is 5.82 Å². The first-order chi connectivity index (χ1) is 12.2. The Labute approximate surface area is 151 Å². The minimum Gasteiger partial charge on any atom is -0.479 e. The Kier molecular flexibility index (Phi) is 4.56. The Bertz CT molecular complexity index is 810. The van der Waals surface area contributed by atoms with E-state index in [1.165, 1.54) is 0 Å². The molecule has 7 heteroatoms. The normalized spacial score (nSPS) is 15.5. The summed E-state index contributed by atoms with van der Waals surface area (Å²) in [4.78, 5) is 28.5. The van der Waals surface area contributed by atoms with E-state index in [0.29, 0.717) is 24.6 Å². The standard InChI is InChI=1S/C19H23N3O4/c1-18(2,3)16-20-15(26-22-16)9-8-14(23)21-19(17(24)25)10-12-6-4-5-7-13(12)11-19/h4-7H,8-11H2,1-3H3,(H,21,23)(H,24,25). The third-order valence-corrected chi connectivity index (χ3v) is 4.60. The van der Waals surface area contributed by atoms with E-state index in [4.69, 9.17) is 4.52 Å². The molecule has 0 fully saturated rings. The summed E-state index contributed by atoms with van der Waals surface area (Å²) in [6.45, 7) is 5.92. The van der Waals surface area contributed by atoms with Crippen molar-refractivity contribution in [1.29, 1.82) is 0 Å². The molecule has 138 valence electrons. The summed E-state index contributed by atoms with van der Waals surface area (Å²) in [5, 5.41) is 16.4. The number of fused-ring (bicyclic) bond motifs is 1. The van der Waals surface area contributed by atoms with E-state index in [2.05, 4.69) is 15.5 Å². The van der Waals surface area contributed by atoms with Crippen LogP contribution in [0.1, 0.15) is 50.0 Å². The molecule has 0 atom stereocenters. The van der Waals surface area contributed by atoms with E-state index in [1.54, 1.807) is 0 Å². The van der Waals surface area contributed by atoms with Crippen LogP contribution >= 0.6 is 0 Å². The fourth-order valence-corrected chi connectivity index (χ4v) is 3.12. The molecule has 0 radical (unpaired) electrons. The van der Waals surface area contributed by atoms with Gasteiger partial charge in [-0.2, -0.15) is 4.98 Å². The van der Waals surface area contributed by atoms with Crippen LogP contribution < -0.4 is 5.32 Å². The summed E-state index contributed by atoms with van der Waals surface area (Å²) in [5.41, 5.74) is 0.406. The zero-order valence-electron chi connectivity index (χ0n) is 15.2. The number of benzene rings is 1. The second-order valence-electron chi connectivity index (χ2n) is 7.82. The first-order valence-corrected chi connectivity index (χ1v) is 8.64. The van der Waals surface area contributed by atoms with Crippen LogP contribution in [-0.2, 0) is 34.3 Å². The summed E-state index contributed by atoms with van der Waals surface area (Å²) in [5.74, 6) is -0.393. The minimum absolute atomic E-state index is 0.0944. The van der Waals surface area contributed by atoms with E-state index in [0.717, 1.165) is 11.1 Å². The van der Waals surface area contributed by atoms with Gasteiger partial charge in [-0.25, -0.2) is 4.79 Å². The highest BCUT2D eigenvalue weighted by Crippen LogP contribution is 2.30. The van der Waals surface area contributed by atoms with Gasteiger partial charge in [-0.15, -0.1) is 0 Å². The second-order valence-corrected chi connectivity index (χ2v) is 7.82. The molecule has 1 aromatic carbocycles. The molecule has 0 saturated carbocycles. The predicted octanol–water partition coefficient (Wildman–Crippen LogP) is 2.04. The monoisotopic (exact) mass is 357 g/mol. The van der Waals surface area contributed by atoms with Crippen molar-refractivity contribution in [2.75, 3.05) is 0 Å². The van der Waals surface area contributed by atoms with Crippen LogP contribution in [0.3, 0.4) is 0 Å². The minimum atomic E-state index is -1.29. The van der Waals surface area contributed by atoms with Gasteiger partial charge in [-0.3, -0.25) is 4.79 Å².